The Bertz CT molecular complexity index is 326. The third-order valence-corrected chi connectivity index (χ3v) is 2.67. The normalized spacial score (nSPS) is 21.8. The molecule has 74 valence electrons. The molecule has 1 aromatic carbocycles. The summed E-state index contributed by atoms with van der Waals surface area (Å²) in [6.45, 7) is 0.710. The highest BCUT2D eigenvalue weighted by Gasteiger charge is 2.19. The van der Waals surface area contributed by atoms with Crippen molar-refractivity contribution in [2.45, 2.75) is 6.10 Å². The standard InChI is InChI=1S/C10H10BrNO2/c11-8-3-1-7(2-4-8)9-5-12-10(13)6-14-9/h1-4,9H,5-6H2,(H,12,13)/t9-/m0/s1. The monoisotopic (exact) mass is 255 g/mol. The third-order valence-electron chi connectivity index (χ3n) is 2.14. The molecule has 3 nitrogen and oxygen atoms in total. The molecule has 0 saturated carbocycles. The number of morpholine rings is 1. The van der Waals surface area contributed by atoms with E-state index in [2.05, 4.69) is 21.2 Å². The molecule has 1 aliphatic heterocycles. The summed E-state index contributed by atoms with van der Waals surface area (Å²) >= 11 is 3.37. The van der Waals surface area contributed by atoms with Gasteiger partial charge in [0.05, 0.1) is 0 Å². The van der Waals surface area contributed by atoms with Crippen LogP contribution in [0.4, 0.5) is 0 Å². The van der Waals surface area contributed by atoms with Crippen LogP contribution in [0.3, 0.4) is 0 Å². The van der Waals surface area contributed by atoms with Gasteiger partial charge in [0.15, 0.2) is 0 Å². The maximum Gasteiger partial charge on any atom is 0.246 e. The molecule has 0 radical (unpaired) electrons. The summed E-state index contributed by atoms with van der Waals surface area (Å²) in [5, 5.41) is 2.77. The number of benzene rings is 1. The Hall–Kier alpha value is -0.870. The molecule has 4 heteroatoms. The number of hydrogen-bond acceptors (Lipinski definition) is 2. The molecule has 1 heterocycles. The molecule has 0 unspecified atom stereocenters. The van der Waals surface area contributed by atoms with Gasteiger partial charge in [-0.15, -0.1) is 0 Å². The fraction of sp³-hybridized carbons (Fsp3) is 0.300. The number of carbonyl (C=O) groups excluding carboxylic acids is 1. The zero-order valence-electron chi connectivity index (χ0n) is 7.50. The van der Waals surface area contributed by atoms with E-state index in [1.54, 1.807) is 0 Å². The molecule has 2 rings (SSSR count). The van der Waals surface area contributed by atoms with Gasteiger partial charge in [0.2, 0.25) is 5.91 Å². The van der Waals surface area contributed by atoms with Crippen molar-refractivity contribution in [1.82, 2.24) is 5.32 Å². The lowest BCUT2D eigenvalue weighted by molar-refractivity contribution is -0.133. The summed E-state index contributed by atoms with van der Waals surface area (Å²) in [6.07, 6.45) is -0.0131. The first-order valence-electron chi connectivity index (χ1n) is 4.39. The Kier molecular flexibility index (Phi) is 2.84. The smallest absolute Gasteiger partial charge is 0.246 e. The van der Waals surface area contributed by atoms with Crippen molar-refractivity contribution >= 4 is 21.8 Å². The molecule has 0 bridgehead atoms. The number of hydrogen-bond donors (Lipinski definition) is 1. The summed E-state index contributed by atoms with van der Waals surface area (Å²) in [4.78, 5) is 10.9. The van der Waals surface area contributed by atoms with Gasteiger partial charge in [0, 0.05) is 11.0 Å². The van der Waals surface area contributed by atoms with E-state index < -0.39 is 0 Å². The van der Waals surface area contributed by atoms with E-state index >= 15 is 0 Å². The van der Waals surface area contributed by atoms with E-state index in [1.165, 1.54) is 0 Å². The van der Waals surface area contributed by atoms with Crippen molar-refractivity contribution in [3.8, 4) is 0 Å². The largest absolute Gasteiger partial charge is 0.362 e. The highest BCUT2D eigenvalue weighted by Crippen LogP contribution is 2.20. The SMILES string of the molecule is O=C1CO[C@H](c2ccc(Br)cc2)CN1. The number of rotatable bonds is 1. The summed E-state index contributed by atoms with van der Waals surface area (Å²) in [6, 6.07) is 7.92. The van der Waals surface area contributed by atoms with Gasteiger partial charge in [-0.2, -0.15) is 0 Å². The van der Waals surface area contributed by atoms with E-state index in [-0.39, 0.29) is 18.6 Å². The highest BCUT2D eigenvalue weighted by molar-refractivity contribution is 9.10. The average Bonchev–Trinajstić information content (AvgIpc) is 2.21. The zero-order chi connectivity index (χ0) is 9.97. The van der Waals surface area contributed by atoms with Crippen molar-refractivity contribution in [3.63, 3.8) is 0 Å². The number of nitrogens with one attached hydrogen (secondary N) is 1. The van der Waals surface area contributed by atoms with Gasteiger partial charge in [-0.05, 0) is 17.7 Å². The molecule has 1 aromatic rings. The van der Waals surface area contributed by atoms with Crippen molar-refractivity contribution in [3.05, 3.63) is 34.3 Å². The first-order valence-corrected chi connectivity index (χ1v) is 5.19. The van der Waals surface area contributed by atoms with E-state index in [9.17, 15) is 4.79 Å². The number of amides is 1. The third kappa shape index (κ3) is 2.13. The van der Waals surface area contributed by atoms with Crippen LogP contribution in [0.5, 0.6) is 0 Å². The maximum atomic E-state index is 10.9. The molecular weight excluding hydrogens is 246 g/mol. The molecule has 1 amide bonds. The van der Waals surface area contributed by atoms with E-state index in [0.29, 0.717) is 6.54 Å². The van der Waals surface area contributed by atoms with Gasteiger partial charge in [-0.3, -0.25) is 4.79 Å². The van der Waals surface area contributed by atoms with Gasteiger partial charge in [0.1, 0.15) is 12.7 Å². The molecule has 0 spiro atoms. The summed E-state index contributed by atoms with van der Waals surface area (Å²) < 4.78 is 6.43. The van der Waals surface area contributed by atoms with Crippen LogP contribution >= 0.6 is 15.9 Å². The summed E-state index contributed by atoms with van der Waals surface area (Å²) in [5.41, 5.74) is 1.09. The van der Waals surface area contributed by atoms with Gasteiger partial charge in [-0.25, -0.2) is 0 Å². The Morgan fingerprint density at radius 2 is 2.07 bits per heavy atom. The lowest BCUT2D eigenvalue weighted by Gasteiger charge is -2.23. The second-order valence-electron chi connectivity index (χ2n) is 3.16. The second-order valence-corrected chi connectivity index (χ2v) is 4.07. The van der Waals surface area contributed by atoms with Crippen molar-refractivity contribution in [1.29, 1.82) is 0 Å². The number of ether oxygens (including phenoxy) is 1. The van der Waals surface area contributed by atoms with E-state index in [1.807, 2.05) is 24.3 Å². The van der Waals surface area contributed by atoms with Gasteiger partial charge in [-0.1, -0.05) is 28.1 Å². The molecule has 1 atom stereocenters. The quantitative estimate of drug-likeness (QED) is 0.829. The van der Waals surface area contributed by atoms with E-state index in [4.69, 9.17) is 4.74 Å². The zero-order valence-corrected chi connectivity index (χ0v) is 9.08. The van der Waals surface area contributed by atoms with Crippen molar-refractivity contribution < 1.29 is 9.53 Å². The molecule has 1 saturated heterocycles. The molecule has 0 aromatic heterocycles. The van der Waals surface area contributed by atoms with Crippen LogP contribution in [0.25, 0.3) is 0 Å². The summed E-state index contributed by atoms with van der Waals surface area (Å²) in [5.74, 6) is -0.0432. The van der Waals surface area contributed by atoms with Gasteiger partial charge in [0.25, 0.3) is 0 Å². The first kappa shape index (κ1) is 9.68. The van der Waals surface area contributed by atoms with Crippen LogP contribution in [0.15, 0.2) is 28.7 Å². The fourth-order valence-electron chi connectivity index (χ4n) is 1.38. The van der Waals surface area contributed by atoms with Crippen LogP contribution in [0.1, 0.15) is 11.7 Å². The van der Waals surface area contributed by atoms with Crippen molar-refractivity contribution in [2.75, 3.05) is 13.2 Å². The first-order chi connectivity index (χ1) is 6.75. The Morgan fingerprint density at radius 3 is 2.64 bits per heavy atom. The van der Waals surface area contributed by atoms with Crippen LogP contribution in [0, 0.1) is 0 Å². The lowest BCUT2D eigenvalue weighted by atomic mass is 10.1. The second kappa shape index (κ2) is 4.11. The molecule has 0 aliphatic carbocycles. The predicted octanol–water partition coefficient (Wildman–Crippen LogP) is 1.64. The highest BCUT2D eigenvalue weighted by atomic mass is 79.9. The van der Waals surface area contributed by atoms with Crippen molar-refractivity contribution in [2.24, 2.45) is 0 Å². The molecule has 1 aliphatic rings. The Balaban J connectivity index is 2.08. The molecule has 1 fully saturated rings. The molecule has 1 N–H and O–H groups in total. The summed E-state index contributed by atoms with van der Waals surface area (Å²) in [7, 11) is 0. The number of carbonyl (C=O) groups is 1. The van der Waals surface area contributed by atoms with Crippen LogP contribution in [-0.4, -0.2) is 19.1 Å². The lowest BCUT2D eigenvalue weighted by Crippen LogP contribution is -2.38. The molecular formula is C10H10BrNO2. The minimum atomic E-state index is -0.0432. The van der Waals surface area contributed by atoms with E-state index in [0.717, 1.165) is 10.0 Å². The minimum Gasteiger partial charge on any atom is -0.362 e. The van der Waals surface area contributed by atoms with Crippen LogP contribution in [-0.2, 0) is 9.53 Å². The number of halogens is 1. The van der Waals surface area contributed by atoms with Crippen LogP contribution in [0.2, 0.25) is 0 Å². The Labute approximate surface area is 90.6 Å². The average molecular weight is 256 g/mol. The molecule has 14 heavy (non-hydrogen) atoms. The maximum absolute atomic E-state index is 10.9. The Morgan fingerprint density at radius 1 is 1.36 bits per heavy atom. The topological polar surface area (TPSA) is 38.3 Å². The van der Waals surface area contributed by atoms with Gasteiger partial charge >= 0.3 is 0 Å². The minimum absolute atomic E-state index is 0.0131. The van der Waals surface area contributed by atoms with Crippen LogP contribution < -0.4 is 5.32 Å². The fourth-order valence-corrected chi connectivity index (χ4v) is 1.65. The van der Waals surface area contributed by atoms with Gasteiger partial charge < -0.3 is 10.1 Å². The predicted molar refractivity (Wildman–Crippen MR) is 55.8 cm³/mol.